The van der Waals surface area contributed by atoms with E-state index in [9.17, 15) is 4.79 Å². The fourth-order valence-electron chi connectivity index (χ4n) is 3.33. The number of nitrogens with zero attached hydrogens (tertiary/aromatic N) is 2. The van der Waals surface area contributed by atoms with E-state index < -0.39 is 0 Å². The topological polar surface area (TPSA) is 49.6 Å². The number of fused-ring (bicyclic) bond motifs is 1. The zero-order valence-electron chi connectivity index (χ0n) is 14.9. The fourth-order valence-corrected chi connectivity index (χ4v) is 4.28. The Balaban J connectivity index is 1.47. The molecule has 1 heterocycles. The number of nitrogens with two attached hydrogens (primary N) is 1. The smallest absolute Gasteiger partial charge is 0.240 e. The zero-order chi connectivity index (χ0) is 17.6. The third kappa shape index (κ3) is 4.75. The summed E-state index contributed by atoms with van der Waals surface area (Å²) in [6.45, 7) is 2.70. The first-order chi connectivity index (χ1) is 12.1. The van der Waals surface area contributed by atoms with Crippen LogP contribution >= 0.6 is 11.8 Å². The summed E-state index contributed by atoms with van der Waals surface area (Å²) in [5.41, 5.74) is 7.43. The molecule has 1 atom stereocenters. The fraction of sp³-hybridized carbons (Fsp3) is 0.450. The Bertz CT molecular complexity index is 710. The van der Waals surface area contributed by atoms with Crippen molar-refractivity contribution in [2.45, 2.75) is 25.4 Å². The second-order valence-corrected chi connectivity index (χ2v) is 7.84. The lowest BCUT2D eigenvalue weighted by Gasteiger charge is -2.21. The molecular formula is C20H27N3OS. The number of hydrogen-bond acceptors (Lipinski definition) is 4. The molecule has 1 aliphatic rings. The number of carbonyl (C=O) groups excluding carboxylic acids is 1. The van der Waals surface area contributed by atoms with E-state index in [1.807, 2.05) is 4.90 Å². The first-order valence-electron chi connectivity index (χ1n) is 8.92. The van der Waals surface area contributed by atoms with E-state index in [1.54, 1.807) is 11.8 Å². The van der Waals surface area contributed by atoms with Crippen LogP contribution in [0.5, 0.6) is 0 Å². The molecule has 134 valence electrons. The molecule has 1 amide bonds. The summed E-state index contributed by atoms with van der Waals surface area (Å²) >= 11 is 1.80. The molecule has 0 aliphatic carbocycles. The molecule has 25 heavy (non-hydrogen) atoms. The van der Waals surface area contributed by atoms with Gasteiger partial charge in [0.15, 0.2) is 0 Å². The Morgan fingerprint density at radius 3 is 2.88 bits per heavy atom. The van der Waals surface area contributed by atoms with E-state index in [0.717, 1.165) is 44.1 Å². The molecular weight excluding hydrogens is 330 g/mol. The highest BCUT2D eigenvalue weighted by atomic mass is 32.2. The molecule has 2 aromatic carbocycles. The van der Waals surface area contributed by atoms with Gasteiger partial charge in [0, 0.05) is 18.8 Å². The van der Waals surface area contributed by atoms with Crippen LogP contribution in [0.15, 0.2) is 42.5 Å². The van der Waals surface area contributed by atoms with Crippen LogP contribution in [0.25, 0.3) is 10.8 Å². The van der Waals surface area contributed by atoms with Crippen LogP contribution < -0.4 is 5.73 Å². The average Bonchev–Trinajstić information content (AvgIpc) is 3.16. The van der Waals surface area contributed by atoms with Crippen molar-refractivity contribution in [3.8, 4) is 0 Å². The van der Waals surface area contributed by atoms with Gasteiger partial charge < -0.3 is 15.5 Å². The van der Waals surface area contributed by atoms with Crippen molar-refractivity contribution in [3.05, 3.63) is 48.0 Å². The van der Waals surface area contributed by atoms with E-state index in [4.69, 9.17) is 5.73 Å². The van der Waals surface area contributed by atoms with Crippen molar-refractivity contribution in [2.75, 3.05) is 31.8 Å². The van der Waals surface area contributed by atoms with Crippen molar-refractivity contribution < 1.29 is 4.79 Å². The third-order valence-electron chi connectivity index (χ3n) is 4.76. The largest absolute Gasteiger partial charge is 0.331 e. The number of amides is 1. The monoisotopic (exact) mass is 357 g/mol. The molecule has 3 rings (SSSR count). The minimum absolute atomic E-state index is 0.113. The highest BCUT2D eigenvalue weighted by Crippen LogP contribution is 2.20. The lowest BCUT2D eigenvalue weighted by Crippen LogP contribution is -2.42. The van der Waals surface area contributed by atoms with E-state index >= 15 is 0 Å². The van der Waals surface area contributed by atoms with Crippen molar-refractivity contribution in [2.24, 2.45) is 5.73 Å². The van der Waals surface area contributed by atoms with Crippen molar-refractivity contribution >= 4 is 28.4 Å². The summed E-state index contributed by atoms with van der Waals surface area (Å²) in [6.07, 6.45) is 1.69. The van der Waals surface area contributed by atoms with Crippen molar-refractivity contribution in [1.82, 2.24) is 9.80 Å². The SMILES string of the molecule is CN(CCC[C@H](N)C(=O)N1CCSC1)Cc1cccc2ccccc12. The standard InChI is InChI=1S/C20H27N3OS/c1-22(11-5-10-19(21)20(24)23-12-13-25-15-23)14-17-8-4-7-16-6-2-3-9-18(16)17/h2-4,6-9,19H,5,10-15,21H2,1H3/t19-/m0/s1. The Labute approximate surface area is 154 Å². The van der Waals surface area contributed by atoms with E-state index in [1.165, 1.54) is 16.3 Å². The average molecular weight is 358 g/mol. The summed E-state index contributed by atoms with van der Waals surface area (Å²) in [6, 6.07) is 14.6. The summed E-state index contributed by atoms with van der Waals surface area (Å²) in [7, 11) is 2.13. The molecule has 0 spiro atoms. The van der Waals surface area contributed by atoms with Gasteiger partial charge in [-0.2, -0.15) is 0 Å². The highest BCUT2D eigenvalue weighted by Gasteiger charge is 2.23. The van der Waals surface area contributed by atoms with Gasteiger partial charge >= 0.3 is 0 Å². The lowest BCUT2D eigenvalue weighted by atomic mass is 10.0. The first kappa shape index (κ1) is 18.2. The molecule has 1 saturated heterocycles. The molecule has 0 unspecified atom stereocenters. The normalized spacial score (nSPS) is 15.9. The molecule has 2 aromatic rings. The number of rotatable bonds is 7. The highest BCUT2D eigenvalue weighted by molar-refractivity contribution is 7.99. The van der Waals surface area contributed by atoms with E-state index in [2.05, 4.69) is 54.4 Å². The molecule has 0 saturated carbocycles. The summed E-state index contributed by atoms with van der Waals surface area (Å²) in [5, 5.41) is 2.60. The predicted octanol–water partition coefficient (Wildman–Crippen LogP) is 2.91. The molecule has 0 aromatic heterocycles. The molecule has 1 fully saturated rings. The summed E-state index contributed by atoms with van der Waals surface area (Å²) < 4.78 is 0. The van der Waals surface area contributed by atoms with Crippen LogP contribution in [-0.2, 0) is 11.3 Å². The predicted molar refractivity (Wildman–Crippen MR) is 107 cm³/mol. The van der Waals surface area contributed by atoms with Gasteiger partial charge in [-0.15, -0.1) is 11.8 Å². The van der Waals surface area contributed by atoms with Crippen LogP contribution in [0, 0.1) is 0 Å². The first-order valence-corrected chi connectivity index (χ1v) is 10.1. The van der Waals surface area contributed by atoms with Crippen LogP contribution in [0.1, 0.15) is 18.4 Å². The second-order valence-electron chi connectivity index (χ2n) is 6.76. The summed E-state index contributed by atoms with van der Waals surface area (Å²) in [4.78, 5) is 16.4. The van der Waals surface area contributed by atoms with E-state index in [0.29, 0.717) is 0 Å². The van der Waals surface area contributed by atoms with Gasteiger partial charge in [0.25, 0.3) is 0 Å². The van der Waals surface area contributed by atoms with Gasteiger partial charge in [0.2, 0.25) is 5.91 Å². The number of benzene rings is 2. The third-order valence-corrected chi connectivity index (χ3v) is 5.72. The van der Waals surface area contributed by atoms with Crippen LogP contribution in [-0.4, -0.2) is 53.5 Å². The Morgan fingerprint density at radius 2 is 2.08 bits per heavy atom. The molecule has 5 heteroatoms. The summed E-state index contributed by atoms with van der Waals surface area (Å²) in [5.74, 6) is 1.95. The van der Waals surface area contributed by atoms with Gasteiger partial charge in [0.1, 0.15) is 0 Å². The lowest BCUT2D eigenvalue weighted by molar-refractivity contribution is -0.131. The van der Waals surface area contributed by atoms with Crippen LogP contribution in [0.4, 0.5) is 0 Å². The van der Waals surface area contributed by atoms with Crippen molar-refractivity contribution in [3.63, 3.8) is 0 Å². The van der Waals surface area contributed by atoms with Gasteiger partial charge in [0.05, 0.1) is 11.9 Å². The van der Waals surface area contributed by atoms with Gasteiger partial charge in [-0.3, -0.25) is 4.79 Å². The van der Waals surface area contributed by atoms with Gasteiger partial charge in [-0.05, 0) is 42.8 Å². The van der Waals surface area contributed by atoms with Gasteiger partial charge in [-0.25, -0.2) is 0 Å². The minimum atomic E-state index is -0.357. The van der Waals surface area contributed by atoms with Gasteiger partial charge in [-0.1, -0.05) is 42.5 Å². The maximum absolute atomic E-state index is 12.2. The second kappa shape index (κ2) is 8.70. The number of hydrogen-bond donors (Lipinski definition) is 1. The Hall–Kier alpha value is -1.56. The van der Waals surface area contributed by atoms with Crippen LogP contribution in [0.3, 0.4) is 0 Å². The maximum atomic E-state index is 12.2. The van der Waals surface area contributed by atoms with Crippen LogP contribution in [0.2, 0.25) is 0 Å². The molecule has 0 bridgehead atoms. The van der Waals surface area contributed by atoms with Crippen molar-refractivity contribution in [1.29, 1.82) is 0 Å². The van der Waals surface area contributed by atoms with E-state index in [-0.39, 0.29) is 11.9 Å². The molecule has 4 nitrogen and oxygen atoms in total. The minimum Gasteiger partial charge on any atom is -0.331 e. The quantitative estimate of drug-likeness (QED) is 0.828. The number of thioether (sulfide) groups is 1. The molecule has 0 radical (unpaired) electrons. The number of carbonyl (C=O) groups is 1. The molecule has 1 aliphatic heterocycles. The molecule has 2 N–H and O–H groups in total. The Kier molecular flexibility index (Phi) is 6.34. The zero-order valence-corrected chi connectivity index (χ0v) is 15.7. The Morgan fingerprint density at radius 1 is 1.28 bits per heavy atom. The maximum Gasteiger partial charge on any atom is 0.240 e.